The third kappa shape index (κ3) is 3.90. The number of ketones is 1. The summed E-state index contributed by atoms with van der Waals surface area (Å²) in [6, 6.07) is 7.23. The Morgan fingerprint density at radius 2 is 1.86 bits per heavy atom. The Morgan fingerprint density at radius 1 is 1.21 bits per heavy atom. The van der Waals surface area contributed by atoms with Gasteiger partial charge in [0.05, 0.1) is 13.2 Å². The molecule has 2 aliphatic rings. The number of para-hydroxylation sites is 2. The van der Waals surface area contributed by atoms with E-state index >= 15 is 0 Å². The van der Waals surface area contributed by atoms with Crippen molar-refractivity contribution in [3.63, 3.8) is 0 Å². The molecule has 2 unspecified atom stereocenters. The Balaban J connectivity index is 1.94. The summed E-state index contributed by atoms with van der Waals surface area (Å²) >= 11 is 7.33. The SMILES string of the molecule is COc1ccccc1OCC1(C(C)=S)SCC(C(C)=O)N1N1C=CN(C)C=C1. The second-order valence-corrected chi connectivity index (χ2v) is 8.61. The number of thioether (sulfide) groups is 1. The monoisotopic (exact) mass is 419 g/mol. The van der Waals surface area contributed by atoms with Crippen molar-refractivity contribution in [2.24, 2.45) is 0 Å². The van der Waals surface area contributed by atoms with Gasteiger partial charge in [-0.15, -0.1) is 11.8 Å². The van der Waals surface area contributed by atoms with Gasteiger partial charge in [0.1, 0.15) is 12.4 Å². The Bertz CT molecular complexity index is 800. The van der Waals surface area contributed by atoms with Crippen LogP contribution in [0.1, 0.15) is 13.8 Å². The lowest BCUT2D eigenvalue weighted by Crippen LogP contribution is -2.60. The van der Waals surface area contributed by atoms with Crippen molar-refractivity contribution in [3.8, 4) is 11.5 Å². The lowest BCUT2D eigenvalue weighted by atomic mass is 10.1. The standard InChI is InChI=1S/C20H25N3O3S2/c1-15(24)17-13-28-20(16(2)27,23(17)22-11-9-21(3)10-12-22)14-26-19-8-6-5-7-18(19)25-4/h5-12,17H,13-14H2,1-4H3. The van der Waals surface area contributed by atoms with Gasteiger partial charge in [-0.3, -0.25) is 9.80 Å². The molecule has 1 saturated heterocycles. The zero-order chi connectivity index (χ0) is 20.3. The third-order valence-corrected chi connectivity index (χ3v) is 6.85. The Kier molecular flexibility index (Phi) is 6.32. The second-order valence-electron chi connectivity index (χ2n) is 6.70. The average molecular weight is 420 g/mol. The number of hydrazine groups is 1. The predicted octanol–water partition coefficient (Wildman–Crippen LogP) is 3.27. The van der Waals surface area contributed by atoms with E-state index in [1.54, 1.807) is 25.8 Å². The molecule has 2 aliphatic heterocycles. The first-order valence-corrected chi connectivity index (χ1v) is 10.4. The van der Waals surface area contributed by atoms with E-state index in [2.05, 4.69) is 0 Å². The molecule has 2 atom stereocenters. The molecule has 150 valence electrons. The van der Waals surface area contributed by atoms with Gasteiger partial charge < -0.3 is 14.4 Å². The molecule has 0 bridgehead atoms. The van der Waals surface area contributed by atoms with Crippen molar-refractivity contribution in [1.29, 1.82) is 0 Å². The molecule has 0 spiro atoms. The number of carbonyl (C=O) groups excluding carboxylic acids is 1. The number of ether oxygens (including phenoxy) is 2. The summed E-state index contributed by atoms with van der Waals surface area (Å²) in [4.78, 5) is 14.5. The zero-order valence-corrected chi connectivity index (χ0v) is 18.1. The summed E-state index contributed by atoms with van der Waals surface area (Å²) in [5.74, 6) is 2.06. The normalized spacial score (nSPS) is 24.5. The lowest BCUT2D eigenvalue weighted by Gasteiger charge is -2.44. The summed E-state index contributed by atoms with van der Waals surface area (Å²) in [5.41, 5.74) is 0. The first kappa shape index (κ1) is 20.7. The van der Waals surface area contributed by atoms with Crippen LogP contribution in [0.15, 0.2) is 49.1 Å². The summed E-state index contributed by atoms with van der Waals surface area (Å²) in [6.07, 6.45) is 7.73. The van der Waals surface area contributed by atoms with Crippen LogP contribution in [0.25, 0.3) is 0 Å². The van der Waals surface area contributed by atoms with Gasteiger partial charge in [-0.1, -0.05) is 24.4 Å². The Hall–Kier alpha value is -2.03. The van der Waals surface area contributed by atoms with Crippen LogP contribution in [0, 0.1) is 0 Å². The largest absolute Gasteiger partial charge is 0.493 e. The molecule has 1 aromatic rings. The molecule has 0 aliphatic carbocycles. The van der Waals surface area contributed by atoms with Gasteiger partial charge in [0, 0.05) is 42.5 Å². The van der Waals surface area contributed by atoms with E-state index in [1.807, 2.05) is 78.0 Å². The molecular formula is C20H25N3O3S2. The highest BCUT2D eigenvalue weighted by Gasteiger charge is 2.53. The van der Waals surface area contributed by atoms with Crippen LogP contribution < -0.4 is 9.47 Å². The fourth-order valence-corrected chi connectivity index (χ4v) is 5.06. The molecule has 1 fully saturated rings. The second kappa shape index (κ2) is 8.55. The van der Waals surface area contributed by atoms with E-state index in [0.717, 1.165) is 4.86 Å². The van der Waals surface area contributed by atoms with Crippen molar-refractivity contribution in [3.05, 3.63) is 49.1 Å². The predicted molar refractivity (Wildman–Crippen MR) is 116 cm³/mol. The minimum absolute atomic E-state index is 0.101. The van der Waals surface area contributed by atoms with Crippen LogP contribution >= 0.6 is 24.0 Å². The van der Waals surface area contributed by atoms with E-state index in [-0.39, 0.29) is 11.8 Å². The molecule has 0 radical (unpaired) electrons. The molecule has 8 heteroatoms. The Morgan fingerprint density at radius 3 is 2.43 bits per heavy atom. The topological polar surface area (TPSA) is 45.3 Å². The number of hydrogen-bond donors (Lipinski definition) is 0. The lowest BCUT2D eigenvalue weighted by molar-refractivity contribution is -0.127. The highest BCUT2D eigenvalue weighted by atomic mass is 32.2. The van der Waals surface area contributed by atoms with Gasteiger partial charge in [-0.25, -0.2) is 0 Å². The number of carbonyl (C=O) groups is 1. The molecule has 0 N–H and O–H groups in total. The highest BCUT2D eigenvalue weighted by molar-refractivity contribution is 8.02. The van der Waals surface area contributed by atoms with Crippen molar-refractivity contribution < 1.29 is 14.3 Å². The number of methoxy groups -OCH3 is 1. The number of hydrogen-bond acceptors (Lipinski definition) is 8. The molecule has 6 nitrogen and oxygen atoms in total. The van der Waals surface area contributed by atoms with Gasteiger partial charge in [-0.05, 0) is 26.0 Å². The number of nitrogens with zero attached hydrogens (tertiary/aromatic N) is 3. The molecule has 0 saturated carbocycles. The quantitative estimate of drug-likeness (QED) is 0.624. The molecule has 3 rings (SSSR count). The van der Waals surface area contributed by atoms with Crippen LogP contribution in [0.5, 0.6) is 11.5 Å². The van der Waals surface area contributed by atoms with Crippen LogP contribution in [-0.4, -0.2) is 63.0 Å². The molecule has 2 heterocycles. The van der Waals surface area contributed by atoms with Crippen LogP contribution in [0.4, 0.5) is 0 Å². The number of benzene rings is 1. The van der Waals surface area contributed by atoms with Crippen molar-refractivity contribution >= 4 is 34.6 Å². The number of thiocarbonyl (C=S) groups is 1. The van der Waals surface area contributed by atoms with E-state index in [9.17, 15) is 4.79 Å². The molecule has 0 aromatic heterocycles. The summed E-state index contributed by atoms with van der Waals surface area (Å²) in [7, 11) is 3.57. The maximum Gasteiger partial charge on any atom is 0.161 e. The summed E-state index contributed by atoms with van der Waals surface area (Å²) in [5, 5.41) is 3.98. The first-order chi connectivity index (χ1) is 13.4. The van der Waals surface area contributed by atoms with Crippen molar-refractivity contribution in [1.82, 2.24) is 14.9 Å². The van der Waals surface area contributed by atoms with Gasteiger partial charge in [-0.2, -0.15) is 5.01 Å². The average Bonchev–Trinajstić information content (AvgIpc) is 3.08. The van der Waals surface area contributed by atoms with E-state index in [0.29, 0.717) is 23.9 Å². The highest BCUT2D eigenvalue weighted by Crippen LogP contribution is 2.44. The van der Waals surface area contributed by atoms with Gasteiger partial charge in [0.25, 0.3) is 0 Å². The smallest absolute Gasteiger partial charge is 0.161 e. The van der Waals surface area contributed by atoms with Gasteiger partial charge >= 0.3 is 0 Å². The number of Topliss-reactive ketones (excluding diaryl/α,β-unsaturated/α-hetero) is 1. The van der Waals surface area contributed by atoms with Crippen LogP contribution in [0.2, 0.25) is 0 Å². The Labute approximate surface area is 175 Å². The first-order valence-electron chi connectivity index (χ1n) is 8.96. The van der Waals surface area contributed by atoms with E-state index < -0.39 is 4.87 Å². The van der Waals surface area contributed by atoms with Gasteiger partial charge in [0.15, 0.2) is 16.4 Å². The molecular weight excluding hydrogens is 394 g/mol. The minimum Gasteiger partial charge on any atom is -0.493 e. The van der Waals surface area contributed by atoms with Crippen molar-refractivity contribution in [2.45, 2.75) is 24.8 Å². The zero-order valence-electron chi connectivity index (χ0n) is 16.5. The summed E-state index contributed by atoms with van der Waals surface area (Å²) in [6.45, 7) is 3.83. The maximum atomic E-state index is 12.4. The third-order valence-electron chi connectivity index (χ3n) is 4.81. The van der Waals surface area contributed by atoms with Gasteiger partial charge in [0.2, 0.25) is 0 Å². The molecule has 28 heavy (non-hydrogen) atoms. The fourth-order valence-electron chi connectivity index (χ4n) is 3.22. The van der Waals surface area contributed by atoms with Crippen molar-refractivity contribution in [2.75, 3.05) is 26.5 Å². The molecule has 0 amide bonds. The van der Waals surface area contributed by atoms with E-state index in [1.165, 1.54) is 0 Å². The maximum absolute atomic E-state index is 12.4. The van der Waals surface area contributed by atoms with E-state index in [4.69, 9.17) is 21.7 Å². The number of rotatable bonds is 7. The van der Waals surface area contributed by atoms with Crippen LogP contribution in [0.3, 0.4) is 0 Å². The minimum atomic E-state index is -0.656. The van der Waals surface area contributed by atoms with Crippen LogP contribution in [-0.2, 0) is 4.79 Å². The fraction of sp³-hybridized carbons (Fsp3) is 0.400. The molecule has 1 aromatic carbocycles. The summed E-state index contributed by atoms with van der Waals surface area (Å²) < 4.78 is 11.6.